The fraction of sp³-hybridized carbons (Fsp3) is 0.579. The number of anilines is 1. The Morgan fingerprint density at radius 3 is 2.29 bits per heavy atom. The Morgan fingerprint density at radius 1 is 1.07 bits per heavy atom. The van der Waals surface area contributed by atoms with Gasteiger partial charge in [-0.3, -0.25) is 4.79 Å². The highest BCUT2D eigenvalue weighted by Gasteiger charge is 2.34. The summed E-state index contributed by atoms with van der Waals surface area (Å²) in [6, 6.07) is 3.63. The number of thiocarbonyl (C=S) groups is 1. The third kappa shape index (κ3) is 5.08. The second kappa shape index (κ2) is 8.86. The van der Waals surface area contributed by atoms with Crippen molar-refractivity contribution in [1.82, 2.24) is 9.80 Å². The average molecular weight is 434 g/mol. The van der Waals surface area contributed by atoms with E-state index in [0.29, 0.717) is 31.3 Å². The van der Waals surface area contributed by atoms with Crippen molar-refractivity contribution in [3.05, 3.63) is 28.8 Å². The lowest BCUT2D eigenvalue weighted by Gasteiger charge is -2.38. The van der Waals surface area contributed by atoms with Gasteiger partial charge in [-0.15, -0.1) is 0 Å². The summed E-state index contributed by atoms with van der Waals surface area (Å²) in [5.41, 5.74) is -0.660. The lowest BCUT2D eigenvalue weighted by Crippen LogP contribution is -2.53. The standard InChI is InChI=1S/C19H23ClF3N3OS/c20-16-7-6-14(12-15(16)19(21,22)23)24-18(28)26-10-8-25(9-11-26)17(27)13-4-2-1-3-5-13/h6-7,12-13H,1-5,8-11H2,(H,24,28). The molecule has 1 aromatic rings. The predicted molar refractivity (Wildman–Crippen MR) is 107 cm³/mol. The third-order valence-electron chi connectivity index (χ3n) is 5.36. The zero-order valence-electron chi connectivity index (χ0n) is 15.4. The number of nitrogens with zero attached hydrogens (tertiary/aromatic N) is 2. The van der Waals surface area contributed by atoms with E-state index in [2.05, 4.69) is 5.32 Å². The Balaban J connectivity index is 1.55. The minimum atomic E-state index is -4.53. The van der Waals surface area contributed by atoms with Crippen molar-refractivity contribution < 1.29 is 18.0 Å². The first-order chi connectivity index (χ1) is 13.3. The molecule has 1 amide bonds. The highest BCUT2D eigenvalue weighted by atomic mass is 35.5. The topological polar surface area (TPSA) is 35.6 Å². The van der Waals surface area contributed by atoms with Gasteiger partial charge in [0.2, 0.25) is 5.91 Å². The van der Waals surface area contributed by atoms with Gasteiger partial charge in [-0.1, -0.05) is 30.9 Å². The number of amides is 1. The normalized spacial score (nSPS) is 18.9. The maximum Gasteiger partial charge on any atom is 0.417 e. The van der Waals surface area contributed by atoms with Crippen molar-refractivity contribution >= 4 is 40.5 Å². The summed E-state index contributed by atoms with van der Waals surface area (Å²) in [5.74, 6) is 0.367. The smallest absolute Gasteiger partial charge is 0.345 e. The molecule has 1 saturated heterocycles. The number of carbonyl (C=O) groups excluding carboxylic acids is 1. The van der Waals surface area contributed by atoms with E-state index in [0.717, 1.165) is 31.7 Å². The molecule has 1 aliphatic heterocycles. The van der Waals surface area contributed by atoms with Crippen LogP contribution < -0.4 is 5.32 Å². The van der Waals surface area contributed by atoms with E-state index < -0.39 is 11.7 Å². The molecule has 3 rings (SSSR count). The SMILES string of the molecule is O=C(C1CCCCC1)N1CCN(C(=S)Nc2ccc(Cl)c(C(F)(F)F)c2)CC1. The van der Waals surface area contributed by atoms with Crippen molar-refractivity contribution in [2.24, 2.45) is 5.92 Å². The van der Waals surface area contributed by atoms with Crippen molar-refractivity contribution in [1.29, 1.82) is 0 Å². The summed E-state index contributed by atoms with van der Waals surface area (Å²) in [6.45, 7) is 2.27. The predicted octanol–water partition coefficient (Wildman–Crippen LogP) is 4.78. The van der Waals surface area contributed by atoms with E-state index in [1.807, 2.05) is 9.80 Å². The van der Waals surface area contributed by atoms with Gasteiger partial charge in [0.05, 0.1) is 10.6 Å². The Bertz CT molecular complexity index is 730. The maximum absolute atomic E-state index is 13.0. The number of carbonyl (C=O) groups is 1. The first-order valence-corrected chi connectivity index (χ1v) is 10.3. The molecule has 0 unspecified atom stereocenters. The van der Waals surface area contributed by atoms with Crippen LogP contribution in [0.5, 0.6) is 0 Å². The van der Waals surface area contributed by atoms with Crippen LogP contribution in [0, 0.1) is 5.92 Å². The lowest BCUT2D eigenvalue weighted by molar-refractivity contribution is -0.138. The first-order valence-electron chi connectivity index (χ1n) is 9.47. The average Bonchev–Trinajstić information content (AvgIpc) is 2.69. The van der Waals surface area contributed by atoms with Gasteiger partial charge in [0, 0.05) is 37.8 Å². The van der Waals surface area contributed by atoms with E-state index in [1.165, 1.54) is 18.6 Å². The van der Waals surface area contributed by atoms with E-state index >= 15 is 0 Å². The Hall–Kier alpha value is -1.54. The second-order valence-corrected chi connectivity index (χ2v) is 8.06. The summed E-state index contributed by atoms with van der Waals surface area (Å²) in [7, 11) is 0. The van der Waals surface area contributed by atoms with Gasteiger partial charge < -0.3 is 15.1 Å². The quantitative estimate of drug-likeness (QED) is 0.681. The minimum absolute atomic E-state index is 0.139. The molecule has 0 aromatic heterocycles. The van der Waals surface area contributed by atoms with Crippen LogP contribution in [0.15, 0.2) is 18.2 Å². The molecular formula is C19H23ClF3N3OS. The van der Waals surface area contributed by atoms with Crippen LogP contribution in [0.25, 0.3) is 0 Å². The van der Waals surface area contributed by atoms with Crippen molar-refractivity contribution in [3.63, 3.8) is 0 Å². The maximum atomic E-state index is 13.0. The molecule has 1 heterocycles. The minimum Gasteiger partial charge on any atom is -0.345 e. The summed E-state index contributed by atoms with van der Waals surface area (Å²) in [6.07, 6.45) is 0.852. The molecule has 0 bridgehead atoms. The van der Waals surface area contributed by atoms with Crippen molar-refractivity contribution in [3.8, 4) is 0 Å². The number of alkyl halides is 3. The lowest BCUT2D eigenvalue weighted by atomic mass is 9.88. The third-order valence-corrected chi connectivity index (χ3v) is 6.05. The summed E-state index contributed by atoms with van der Waals surface area (Å²) in [5, 5.41) is 2.85. The van der Waals surface area contributed by atoms with Crippen LogP contribution in [0.4, 0.5) is 18.9 Å². The zero-order valence-corrected chi connectivity index (χ0v) is 17.0. The van der Waals surface area contributed by atoms with E-state index in [9.17, 15) is 18.0 Å². The Morgan fingerprint density at radius 2 is 1.68 bits per heavy atom. The molecule has 28 heavy (non-hydrogen) atoms. The fourth-order valence-corrected chi connectivity index (χ4v) is 4.29. The highest BCUT2D eigenvalue weighted by Crippen LogP contribution is 2.36. The van der Waals surface area contributed by atoms with Crippen LogP contribution in [-0.4, -0.2) is 47.0 Å². The van der Waals surface area contributed by atoms with E-state index in [-0.39, 0.29) is 22.5 Å². The molecule has 2 aliphatic rings. The Labute approximate surface area is 173 Å². The van der Waals surface area contributed by atoms with Gasteiger partial charge >= 0.3 is 6.18 Å². The monoisotopic (exact) mass is 433 g/mol. The van der Waals surface area contributed by atoms with Gasteiger partial charge in [-0.2, -0.15) is 13.2 Å². The van der Waals surface area contributed by atoms with Gasteiger partial charge in [0.1, 0.15) is 0 Å². The van der Waals surface area contributed by atoms with Crippen LogP contribution in [0.2, 0.25) is 5.02 Å². The second-order valence-electron chi connectivity index (χ2n) is 7.27. The number of halogens is 4. The number of piperazine rings is 1. The zero-order chi connectivity index (χ0) is 20.3. The molecule has 0 atom stereocenters. The van der Waals surface area contributed by atoms with Crippen LogP contribution in [0.1, 0.15) is 37.7 Å². The van der Waals surface area contributed by atoms with E-state index in [1.54, 1.807) is 0 Å². The number of rotatable bonds is 2. The number of hydrogen-bond donors (Lipinski definition) is 1. The fourth-order valence-electron chi connectivity index (χ4n) is 3.76. The van der Waals surface area contributed by atoms with Gasteiger partial charge in [-0.25, -0.2) is 0 Å². The van der Waals surface area contributed by atoms with Crippen LogP contribution >= 0.6 is 23.8 Å². The summed E-state index contributed by atoms with van der Waals surface area (Å²) >= 11 is 11.0. The van der Waals surface area contributed by atoms with E-state index in [4.69, 9.17) is 23.8 Å². The largest absolute Gasteiger partial charge is 0.417 e. The van der Waals surface area contributed by atoms with Crippen LogP contribution in [-0.2, 0) is 11.0 Å². The molecule has 1 N–H and O–H groups in total. The van der Waals surface area contributed by atoms with Crippen molar-refractivity contribution in [2.45, 2.75) is 38.3 Å². The van der Waals surface area contributed by atoms with Gasteiger partial charge in [-0.05, 0) is 43.3 Å². The highest BCUT2D eigenvalue weighted by molar-refractivity contribution is 7.80. The molecule has 1 aromatic carbocycles. The molecule has 0 spiro atoms. The molecule has 4 nitrogen and oxygen atoms in total. The first kappa shape index (κ1) is 21.2. The molecule has 1 aliphatic carbocycles. The van der Waals surface area contributed by atoms with Crippen LogP contribution in [0.3, 0.4) is 0 Å². The van der Waals surface area contributed by atoms with Crippen molar-refractivity contribution in [2.75, 3.05) is 31.5 Å². The molecule has 0 radical (unpaired) electrons. The molecule has 154 valence electrons. The number of benzene rings is 1. The van der Waals surface area contributed by atoms with Gasteiger partial charge in [0.15, 0.2) is 5.11 Å². The molecule has 1 saturated carbocycles. The summed E-state index contributed by atoms with van der Waals surface area (Å²) in [4.78, 5) is 16.4. The summed E-state index contributed by atoms with van der Waals surface area (Å²) < 4.78 is 39.0. The molecular weight excluding hydrogens is 411 g/mol. The van der Waals surface area contributed by atoms with Gasteiger partial charge in [0.25, 0.3) is 0 Å². The number of nitrogens with one attached hydrogen (secondary N) is 1. The Kier molecular flexibility index (Phi) is 6.70. The molecule has 2 fully saturated rings. The molecule has 9 heteroatoms. The number of hydrogen-bond acceptors (Lipinski definition) is 2.